The van der Waals surface area contributed by atoms with Gasteiger partial charge in [-0.05, 0) is 44.6 Å². The minimum atomic E-state index is 0.265. The van der Waals surface area contributed by atoms with Gasteiger partial charge < -0.3 is 14.4 Å². The number of piperidine rings is 1. The Morgan fingerprint density at radius 3 is 2.76 bits per heavy atom. The largest absolute Gasteiger partial charge is 0.496 e. The number of anilines is 1. The molecule has 1 aromatic carbocycles. The van der Waals surface area contributed by atoms with E-state index in [1.54, 1.807) is 18.9 Å². The molecule has 7 heteroatoms. The molecule has 0 N–H and O–H groups in total. The van der Waals surface area contributed by atoms with E-state index in [2.05, 4.69) is 45.6 Å². The van der Waals surface area contributed by atoms with Crippen LogP contribution in [-0.2, 0) is 17.0 Å². The fourth-order valence-electron chi connectivity index (χ4n) is 4.14. The van der Waals surface area contributed by atoms with E-state index in [1.165, 1.54) is 24.0 Å². The summed E-state index contributed by atoms with van der Waals surface area (Å²) in [5.74, 6) is 3.54. The smallest absolute Gasteiger partial charge is 0.228 e. The summed E-state index contributed by atoms with van der Waals surface area (Å²) in [6.45, 7) is 8.27. The van der Waals surface area contributed by atoms with Gasteiger partial charge in [0.2, 0.25) is 5.95 Å². The number of methoxy groups -OCH3 is 1. The fourth-order valence-corrected chi connectivity index (χ4v) is 5.07. The molecule has 2 aliphatic heterocycles. The van der Waals surface area contributed by atoms with Gasteiger partial charge in [-0.15, -0.1) is 10.2 Å². The lowest BCUT2D eigenvalue weighted by atomic mass is 10.00. The Bertz CT molecular complexity index is 811. The number of aryl methyl sites for hydroxylation is 1. The first-order valence-corrected chi connectivity index (χ1v) is 11.7. The van der Waals surface area contributed by atoms with Gasteiger partial charge in [0, 0.05) is 31.0 Å². The maximum atomic E-state index is 5.93. The van der Waals surface area contributed by atoms with Gasteiger partial charge in [-0.1, -0.05) is 36.4 Å². The van der Waals surface area contributed by atoms with E-state index in [-0.39, 0.29) is 6.10 Å². The first-order valence-electron chi connectivity index (χ1n) is 10.7. The summed E-state index contributed by atoms with van der Waals surface area (Å²) in [4.78, 5) is 2.40. The molecule has 0 amide bonds. The second kappa shape index (κ2) is 9.39. The topological polar surface area (TPSA) is 52.4 Å². The number of rotatable bonds is 7. The van der Waals surface area contributed by atoms with Crippen molar-refractivity contribution < 1.29 is 9.47 Å². The third-order valence-electron chi connectivity index (χ3n) is 5.97. The van der Waals surface area contributed by atoms with Crippen LogP contribution in [0.3, 0.4) is 0 Å². The van der Waals surface area contributed by atoms with Crippen LogP contribution in [0.25, 0.3) is 0 Å². The molecule has 2 fully saturated rings. The van der Waals surface area contributed by atoms with E-state index < -0.39 is 0 Å². The first kappa shape index (κ1) is 20.5. The van der Waals surface area contributed by atoms with Crippen molar-refractivity contribution in [1.29, 1.82) is 0 Å². The maximum Gasteiger partial charge on any atom is 0.228 e. The normalized spacial score (nSPS) is 20.4. The molecule has 0 spiro atoms. The molecule has 1 unspecified atom stereocenters. The highest BCUT2D eigenvalue weighted by molar-refractivity contribution is 7.98. The summed E-state index contributed by atoms with van der Waals surface area (Å²) < 4.78 is 13.8. The molecule has 2 aliphatic rings. The van der Waals surface area contributed by atoms with E-state index in [0.717, 1.165) is 67.6 Å². The minimum absolute atomic E-state index is 0.265. The predicted molar refractivity (Wildman–Crippen MR) is 117 cm³/mol. The lowest BCUT2D eigenvalue weighted by Gasteiger charge is -2.31. The van der Waals surface area contributed by atoms with Crippen LogP contribution < -0.4 is 9.64 Å². The van der Waals surface area contributed by atoms with Crippen molar-refractivity contribution in [2.45, 2.75) is 63.1 Å². The number of thioether (sulfide) groups is 1. The molecular formula is C22H32N4O2S. The number of benzene rings is 1. The molecule has 0 bridgehead atoms. The monoisotopic (exact) mass is 416 g/mol. The molecule has 6 nitrogen and oxygen atoms in total. The van der Waals surface area contributed by atoms with Gasteiger partial charge in [0.1, 0.15) is 5.75 Å². The maximum absolute atomic E-state index is 5.93. The van der Waals surface area contributed by atoms with Crippen molar-refractivity contribution in [3.05, 3.63) is 29.3 Å². The average molecular weight is 417 g/mol. The Morgan fingerprint density at radius 2 is 2.03 bits per heavy atom. The van der Waals surface area contributed by atoms with Crippen molar-refractivity contribution in [2.75, 3.05) is 31.7 Å². The van der Waals surface area contributed by atoms with Gasteiger partial charge in [-0.2, -0.15) is 0 Å². The van der Waals surface area contributed by atoms with Crippen LogP contribution in [-0.4, -0.2) is 47.7 Å². The number of aromatic nitrogens is 3. The van der Waals surface area contributed by atoms with E-state index in [4.69, 9.17) is 9.47 Å². The molecule has 1 atom stereocenters. The van der Waals surface area contributed by atoms with Crippen LogP contribution in [0.2, 0.25) is 0 Å². The van der Waals surface area contributed by atoms with Crippen molar-refractivity contribution in [3.8, 4) is 5.75 Å². The van der Waals surface area contributed by atoms with E-state index >= 15 is 0 Å². The second-order valence-corrected chi connectivity index (χ2v) is 9.24. The molecule has 2 aromatic rings. The average Bonchev–Trinajstić information content (AvgIpc) is 3.38. The SMILES string of the molecule is COc1ccc(C)cc1CSc1nnc(N2CCC(C)CC2)n1CC1CCCO1. The molecule has 0 aliphatic carbocycles. The molecule has 4 rings (SSSR count). The summed E-state index contributed by atoms with van der Waals surface area (Å²) in [6.07, 6.45) is 4.96. The van der Waals surface area contributed by atoms with Crippen LogP contribution in [0, 0.1) is 12.8 Å². The van der Waals surface area contributed by atoms with Crippen LogP contribution >= 0.6 is 11.8 Å². The third kappa shape index (κ3) is 4.89. The van der Waals surface area contributed by atoms with Gasteiger partial charge in [-0.3, -0.25) is 4.57 Å². The van der Waals surface area contributed by atoms with Gasteiger partial charge in [0.25, 0.3) is 0 Å². The van der Waals surface area contributed by atoms with Gasteiger partial charge >= 0.3 is 0 Å². The van der Waals surface area contributed by atoms with Gasteiger partial charge in [0.05, 0.1) is 19.8 Å². The Morgan fingerprint density at radius 1 is 1.21 bits per heavy atom. The summed E-state index contributed by atoms with van der Waals surface area (Å²) >= 11 is 1.73. The van der Waals surface area contributed by atoms with Gasteiger partial charge in [0.15, 0.2) is 5.16 Å². The minimum Gasteiger partial charge on any atom is -0.496 e. The van der Waals surface area contributed by atoms with Crippen LogP contribution in [0.5, 0.6) is 5.75 Å². The van der Waals surface area contributed by atoms with Crippen LogP contribution in [0.4, 0.5) is 5.95 Å². The van der Waals surface area contributed by atoms with Crippen LogP contribution in [0.15, 0.2) is 23.4 Å². The lowest BCUT2D eigenvalue weighted by Crippen LogP contribution is -2.35. The fraction of sp³-hybridized carbons (Fsp3) is 0.636. The van der Waals surface area contributed by atoms with E-state index in [0.29, 0.717) is 0 Å². The molecule has 158 valence electrons. The number of hydrogen-bond acceptors (Lipinski definition) is 6. The quantitative estimate of drug-likeness (QED) is 0.627. The summed E-state index contributed by atoms with van der Waals surface area (Å²) in [5, 5.41) is 10.2. The molecule has 1 aromatic heterocycles. The lowest BCUT2D eigenvalue weighted by molar-refractivity contribution is 0.0951. The first-order chi connectivity index (χ1) is 14.1. The Hall–Kier alpha value is -1.73. The zero-order valence-electron chi connectivity index (χ0n) is 17.8. The van der Waals surface area contributed by atoms with E-state index in [9.17, 15) is 0 Å². The summed E-state index contributed by atoms with van der Waals surface area (Å²) in [7, 11) is 1.73. The number of nitrogens with zero attached hydrogens (tertiary/aromatic N) is 4. The summed E-state index contributed by atoms with van der Waals surface area (Å²) in [6, 6.07) is 6.32. The van der Waals surface area contributed by atoms with Crippen LogP contribution in [0.1, 0.15) is 43.7 Å². The van der Waals surface area contributed by atoms with Crippen molar-refractivity contribution in [3.63, 3.8) is 0 Å². The zero-order valence-corrected chi connectivity index (χ0v) is 18.6. The Kier molecular flexibility index (Phi) is 6.65. The standard InChI is InChI=1S/C22H32N4O2S/c1-16-8-10-25(11-9-16)21-23-24-22(26(21)14-19-5-4-12-28-19)29-15-18-13-17(2)6-7-20(18)27-3/h6-7,13,16,19H,4-5,8-12,14-15H2,1-3H3. The highest BCUT2D eigenvalue weighted by atomic mass is 32.2. The highest BCUT2D eigenvalue weighted by Crippen LogP contribution is 2.32. The zero-order chi connectivity index (χ0) is 20.2. The second-order valence-electron chi connectivity index (χ2n) is 8.30. The molecule has 3 heterocycles. The van der Waals surface area contributed by atoms with E-state index in [1.807, 2.05) is 6.07 Å². The third-order valence-corrected chi connectivity index (χ3v) is 6.98. The van der Waals surface area contributed by atoms with Crippen molar-refractivity contribution in [2.24, 2.45) is 5.92 Å². The molecule has 29 heavy (non-hydrogen) atoms. The molecule has 0 radical (unpaired) electrons. The molecule has 2 saturated heterocycles. The number of hydrogen-bond donors (Lipinski definition) is 0. The van der Waals surface area contributed by atoms with Crippen molar-refractivity contribution in [1.82, 2.24) is 14.8 Å². The summed E-state index contributed by atoms with van der Waals surface area (Å²) in [5.41, 5.74) is 2.43. The molecule has 0 saturated carbocycles. The highest BCUT2D eigenvalue weighted by Gasteiger charge is 2.26. The Balaban J connectivity index is 1.54. The number of ether oxygens (including phenoxy) is 2. The van der Waals surface area contributed by atoms with Crippen molar-refractivity contribution >= 4 is 17.7 Å². The predicted octanol–water partition coefficient (Wildman–Crippen LogP) is 4.30. The Labute approximate surface area is 178 Å². The van der Waals surface area contributed by atoms with Gasteiger partial charge in [-0.25, -0.2) is 0 Å². The molecular weight excluding hydrogens is 384 g/mol.